The van der Waals surface area contributed by atoms with E-state index in [-0.39, 0.29) is 17.2 Å². The Morgan fingerprint density at radius 3 is 2.38 bits per heavy atom. The summed E-state index contributed by atoms with van der Waals surface area (Å²) in [6.45, 7) is 0. The van der Waals surface area contributed by atoms with Crippen LogP contribution in [0, 0.1) is 0 Å². The number of carbonyl (C=O) groups excluding carboxylic acids is 1. The maximum absolute atomic E-state index is 12.3. The van der Waals surface area contributed by atoms with Crippen molar-refractivity contribution in [3.8, 4) is 11.5 Å². The molecule has 154 valence electrons. The second-order valence-electron chi connectivity index (χ2n) is 7.57. The Hall–Kier alpha value is -2.58. The molecule has 1 saturated carbocycles. The molecule has 1 amide bonds. The molecule has 0 aromatic heterocycles. The number of amides is 1. The van der Waals surface area contributed by atoms with Crippen LogP contribution in [0.15, 0.2) is 47.4 Å². The molecule has 4 rings (SSSR count). The standard InChI is InChI=1S/C21H24N2O5S/c22-29(25,26)17-8-4-15(5-9-17)6-11-20(24)23-16-7-10-18-19(14-16)28-21(27-18)12-2-1-3-13-21/h4-5,7-10,14H,1-3,6,11-13H2,(H,23,24)(H2,22,25,26). The van der Waals surface area contributed by atoms with E-state index in [1.54, 1.807) is 18.2 Å². The molecule has 0 atom stereocenters. The first-order chi connectivity index (χ1) is 13.8. The second-order valence-corrected chi connectivity index (χ2v) is 9.14. The van der Waals surface area contributed by atoms with Crippen LogP contribution in [-0.2, 0) is 21.2 Å². The van der Waals surface area contributed by atoms with Gasteiger partial charge in [-0.2, -0.15) is 0 Å². The highest BCUT2D eigenvalue weighted by atomic mass is 32.2. The number of benzene rings is 2. The minimum Gasteiger partial charge on any atom is -0.448 e. The van der Waals surface area contributed by atoms with Crippen molar-refractivity contribution in [2.45, 2.75) is 55.6 Å². The summed E-state index contributed by atoms with van der Waals surface area (Å²) in [5, 5.41) is 7.97. The minimum absolute atomic E-state index is 0.0572. The maximum Gasteiger partial charge on any atom is 0.251 e. The topological polar surface area (TPSA) is 108 Å². The number of ether oxygens (including phenoxy) is 2. The number of nitrogens with two attached hydrogens (primary N) is 1. The number of nitrogens with one attached hydrogen (secondary N) is 1. The Morgan fingerprint density at radius 1 is 1.00 bits per heavy atom. The molecule has 2 aromatic carbocycles. The Bertz CT molecular complexity index is 1010. The van der Waals surface area contributed by atoms with Crippen molar-refractivity contribution in [2.75, 3.05) is 5.32 Å². The molecular formula is C21H24N2O5S. The molecule has 1 heterocycles. The lowest BCUT2D eigenvalue weighted by atomic mass is 9.94. The van der Waals surface area contributed by atoms with Crippen LogP contribution in [0.4, 0.5) is 5.69 Å². The molecule has 1 aliphatic heterocycles. The summed E-state index contributed by atoms with van der Waals surface area (Å²) in [7, 11) is -3.71. The van der Waals surface area contributed by atoms with E-state index >= 15 is 0 Å². The van der Waals surface area contributed by atoms with E-state index < -0.39 is 15.8 Å². The molecule has 0 saturated heterocycles. The number of rotatable bonds is 5. The maximum atomic E-state index is 12.3. The molecule has 1 fully saturated rings. The summed E-state index contributed by atoms with van der Waals surface area (Å²) >= 11 is 0. The summed E-state index contributed by atoms with van der Waals surface area (Å²) < 4.78 is 34.7. The van der Waals surface area contributed by atoms with Gasteiger partial charge in [-0.05, 0) is 49.1 Å². The van der Waals surface area contributed by atoms with Crippen molar-refractivity contribution in [3.05, 3.63) is 48.0 Å². The highest BCUT2D eigenvalue weighted by Crippen LogP contribution is 2.46. The number of fused-ring (bicyclic) bond motifs is 1. The predicted octanol–water partition coefficient (Wildman–Crippen LogP) is 3.34. The SMILES string of the molecule is NS(=O)(=O)c1ccc(CCC(=O)Nc2ccc3c(c2)OC2(CCCCC2)O3)cc1. The fourth-order valence-electron chi connectivity index (χ4n) is 3.79. The van der Waals surface area contributed by atoms with E-state index in [0.29, 0.717) is 17.9 Å². The molecule has 2 aromatic rings. The zero-order chi connectivity index (χ0) is 20.5. The first-order valence-electron chi connectivity index (χ1n) is 9.77. The van der Waals surface area contributed by atoms with Gasteiger partial charge in [0.1, 0.15) is 0 Å². The van der Waals surface area contributed by atoms with Gasteiger partial charge in [-0.15, -0.1) is 0 Å². The first kappa shape index (κ1) is 19.7. The van der Waals surface area contributed by atoms with E-state index in [9.17, 15) is 13.2 Å². The highest BCUT2D eigenvalue weighted by molar-refractivity contribution is 7.89. The van der Waals surface area contributed by atoms with Crippen LogP contribution in [-0.4, -0.2) is 20.1 Å². The van der Waals surface area contributed by atoms with Crippen LogP contribution in [0.25, 0.3) is 0 Å². The van der Waals surface area contributed by atoms with Gasteiger partial charge in [0.05, 0.1) is 4.90 Å². The number of carbonyl (C=O) groups is 1. The van der Waals surface area contributed by atoms with E-state index in [4.69, 9.17) is 14.6 Å². The van der Waals surface area contributed by atoms with Crippen molar-refractivity contribution in [1.82, 2.24) is 0 Å². The van der Waals surface area contributed by atoms with E-state index in [0.717, 1.165) is 37.0 Å². The van der Waals surface area contributed by atoms with Gasteiger partial charge in [-0.25, -0.2) is 13.6 Å². The molecule has 0 radical (unpaired) electrons. The minimum atomic E-state index is -3.71. The molecule has 2 aliphatic rings. The predicted molar refractivity (Wildman–Crippen MR) is 108 cm³/mol. The molecule has 1 aliphatic carbocycles. The van der Waals surface area contributed by atoms with Gasteiger partial charge < -0.3 is 14.8 Å². The van der Waals surface area contributed by atoms with Gasteiger partial charge in [0, 0.05) is 31.0 Å². The lowest BCUT2D eigenvalue weighted by Gasteiger charge is -2.31. The largest absolute Gasteiger partial charge is 0.448 e. The summed E-state index contributed by atoms with van der Waals surface area (Å²) in [5.74, 6) is 0.724. The molecule has 0 unspecified atom stereocenters. The normalized spacial score (nSPS) is 17.3. The van der Waals surface area contributed by atoms with Crippen molar-refractivity contribution in [1.29, 1.82) is 0 Å². The smallest absolute Gasteiger partial charge is 0.251 e. The van der Waals surface area contributed by atoms with Crippen LogP contribution in [0.5, 0.6) is 11.5 Å². The van der Waals surface area contributed by atoms with Crippen LogP contribution in [0.1, 0.15) is 44.1 Å². The fraction of sp³-hybridized carbons (Fsp3) is 0.381. The van der Waals surface area contributed by atoms with Crippen LogP contribution >= 0.6 is 0 Å². The third-order valence-corrected chi connectivity index (χ3v) is 6.26. The Balaban J connectivity index is 1.33. The van der Waals surface area contributed by atoms with Gasteiger partial charge in [0.2, 0.25) is 15.9 Å². The van der Waals surface area contributed by atoms with E-state index in [1.807, 2.05) is 12.1 Å². The molecule has 8 heteroatoms. The van der Waals surface area contributed by atoms with Crippen molar-refractivity contribution < 1.29 is 22.7 Å². The van der Waals surface area contributed by atoms with Gasteiger partial charge in [0.25, 0.3) is 5.79 Å². The van der Waals surface area contributed by atoms with Crippen molar-refractivity contribution in [2.24, 2.45) is 5.14 Å². The summed E-state index contributed by atoms with van der Waals surface area (Å²) in [5.41, 5.74) is 1.52. The lowest BCUT2D eigenvalue weighted by molar-refractivity contribution is -0.116. The average Bonchev–Trinajstić information content (AvgIpc) is 3.03. The van der Waals surface area contributed by atoms with E-state index in [2.05, 4.69) is 5.32 Å². The third kappa shape index (κ3) is 4.54. The van der Waals surface area contributed by atoms with E-state index in [1.165, 1.54) is 18.6 Å². The number of aryl methyl sites for hydroxylation is 1. The molecule has 1 spiro atoms. The summed E-state index contributed by atoms with van der Waals surface area (Å²) in [6, 6.07) is 11.7. The Labute approximate surface area is 170 Å². The van der Waals surface area contributed by atoms with Gasteiger partial charge in [-0.1, -0.05) is 18.6 Å². The van der Waals surface area contributed by atoms with Gasteiger partial charge in [-0.3, -0.25) is 4.79 Å². The highest BCUT2D eigenvalue weighted by Gasteiger charge is 2.42. The molecule has 29 heavy (non-hydrogen) atoms. The number of hydrogen-bond acceptors (Lipinski definition) is 5. The zero-order valence-electron chi connectivity index (χ0n) is 16.0. The number of primary sulfonamides is 1. The lowest BCUT2D eigenvalue weighted by Crippen LogP contribution is -2.40. The van der Waals surface area contributed by atoms with Crippen molar-refractivity contribution >= 4 is 21.6 Å². The molecule has 3 N–H and O–H groups in total. The summed E-state index contributed by atoms with van der Waals surface area (Å²) in [4.78, 5) is 12.4. The third-order valence-electron chi connectivity index (χ3n) is 5.33. The molecule has 0 bridgehead atoms. The molecule has 7 nitrogen and oxygen atoms in total. The van der Waals surface area contributed by atoms with Crippen molar-refractivity contribution in [3.63, 3.8) is 0 Å². The number of sulfonamides is 1. The summed E-state index contributed by atoms with van der Waals surface area (Å²) in [6.07, 6.45) is 5.92. The van der Waals surface area contributed by atoms with Gasteiger partial charge >= 0.3 is 0 Å². The van der Waals surface area contributed by atoms with Crippen LogP contribution < -0.4 is 19.9 Å². The van der Waals surface area contributed by atoms with Crippen LogP contribution in [0.2, 0.25) is 0 Å². The number of hydrogen-bond donors (Lipinski definition) is 2. The Kier molecular flexibility index (Phi) is 5.23. The monoisotopic (exact) mass is 416 g/mol. The first-order valence-corrected chi connectivity index (χ1v) is 11.3. The fourth-order valence-corrected chi connectivity index (χ4v) is 4.31. The zero-order valence-corrected chi connectivity index (χ0v) is 16.8. The average molecular weight is 416 g/mol. The van der Waals surface area contributed by atoms with Gasteiger partial charge in [0.15, 0.2) is 11.5 Å². The number of anilines is 1. The quantitative estimate of drug-likeness (QED) is 0.777. The molecular weight excluding hydrogens is 392 g/mol. The second kappa shape index (κ2) is 7.68. The Morgan fingerprint density at radius 2 is 1.69 bits per heavy atom. The van der Waals surface area contributed by atoms with Crippen LogP contribution in [0.3, 0.4) is 0 Å².